The van der Waals surface area contributed by atoms with Crippen molar-refractivity contribution in [2.45, 2.75) is 58.6 Å². The first kappa shape index (κ1) is 29.4. The van der Waals surface area contributed by atoms with Gasteiger partial charge in [-0.05, 0) is 59.5 Å². The Kier molecular flexibility index (Phi) is 7.89. The lowest BCUT2D eigenvalue weighted by Gasteiger charge is -2.25. The van der Waals surface area contributed by atoms with Crippen LogP contribution in [0, 0.1) is 6.92 Å². The molecule has 0 spiro atoms. The Labute approximate surface area is 248 Å². The summed E-state index contributed by atoms with van der Waals surface area (Å²) in [5.41, 5.74) is 11.6. The van der Waals surface area contributed by atoms with Gasteiger partial charge >= 0.3 is 5.97 Å². The van der Waals surface area contributed by atoms with E-state index in [2.05, 4.69) is 48.0 Å². The number of likely N-dealkylation sites (N-methyl/N-ethyl adjacent to an activating group) is 1. The van der Waals surface area contributed by atoms with Crippen molar-refractivity contribution in [1.29, 1.82) is 0 Å². The number of nitrogens with one attached hydrogen (secondary N) is 1. The topological polar surface area (TPSA) is 122 Å². The maximum Gasteiger partial charge on any atom is 0.343 e. The molecule has 1 saturated heterocycles. The molecule has 11 nitrogen and oxygen atoms in total. The third-order valence-corrected chi connectivity index (χ3v) is 7.92. The van der Waals surface area contributed by atoms with Crippen LogP contribution in [0.15, 0.2) is 30.5 Å². The molecule has 0 bridgehead atoms. The van der Waals surface area contributed by atoms with Crippen LogP contribution in [-0.4, -0.2) is 78.8 Å². The zero-order chi connectivity index (χ0) is 30.3. The summed E-state index contributed by atoms with van der Waals surface area (Å²) in [6.45, 7) is 12.3. The molecule has 1 aromatic carbocycles. The molecule has 42 heavy (non-hydrogen) atoms. The van der Waals surface area contributed by atoms with Crippen molar-refractivity contribution in [3.63, 3.8) is 0 Å². The van der Waals surface area contributed by atoms with Gasteiger partial charge < -0.3 is 35.2 Å². The van der Waals surface area contributed by atoms with E-state index in [-0.39, 0.29) is 17.1 Å². The molecular weight excluding hydrogens is 532 g/mol. The Hall–Kier alpha value is -4.12. The SMILES string of the molecule is COc1cc(N2CC[C@@H](N(C)C)C2)c(N)cc1Nc1ncc(C(=O)OC(C)C)c(N2CC(C)(C)c3nc(C)ccc32)n1. The molecule has 1 fully saturated rings. The Morgan fingerprint density at radius 3 is 2.62 bits per heavy atom. The van der Waals surface area contributed by atoms with E-state index < -0.39 is 5.97 Å². The molecule has 0 aliphatic carbocycles. The summed E-state index contributed by atoms with van der Waals surface area (Å²) in [6, 6.07) is 8.28. The third-order valence-electron chi connectivity index (χ3n) is 7.92. The number of aromatic nitrogens is 3. The lowest BCUT2D eigenvalue weighted by Crippen LogP contribution is -2.31. The molecule has 2 aliphatic heterocycles. The van der Waals surface area contributed by atoms with Gasteiger partial charge in [-0.3, -0.25) is 4.98 Å². The molecule has 3 aromatic rings. The standard InChI is InChI=1S/C31H42N8O3/c1-18(2)42-29(40)21-15-33-30(36-28(21)39-17-31(4,5)27-24(39)10-9-19(3)34-27)35-23-13-22(32)25(14-26(23)41-8)38-12-11-20(16-38)37(6)7/h9-10,13-15,18,20H,11-12,16-17,32H2,1-8H3,(H,33,35,36)/t20-/m1/s1. The van der Waals surface area contributed by atoms with Crippen molar-refractivity contribution >= 4 is 40.5 Å². The number of benzene rings is 1. The number of carbonyl (C=O) groups excluding carboxylic acids is 1. The second-order valence-electron chi connectivity index (χ2n) is 12.3. The van der Waals surface area contributed by atoms with E-state index in [1.54, 1.807) is 7.11 Å². The molecule has 0 radical (unpaired) electrons. The number of rotatable bonds is 8. The molecule has 0 saturated carbocycles. The smallest absolute Gasteiger partial charge is 0.343 e. The summed E-state index contributed by atoms with van der Waals surface area (Å²) in [7, 11) is 5.83. The van der Waals surface area contributed by atoms with Crippen LogP contribution in [0.4, 0.5) is 34.5 Å². The van der Waals surface area contributed by atoms with Crippen LogP contribution in [-0.2, 0) is 10.2 Å². The number of carbonyl (C=O) groups is 1. The predicted octanol–water partition coefficient (Wildman–Crippen LogP) is 4.65. The van der Waals surface area contributed by atoms with Crippen LogP contribution in [0.3, 0.4) is 0 Å². The summed E-state index contributed by atoms with van der Waals surface area (Å²) >= 11 is 0. The van der Waals surface area contributed by atoms with Gasteiger partial charge in [0.15, 0.2) is 5.82 Å². The molecule has 2 aromatic heterocycles. The maximum absolute atomic E-state index is 13.2. The summed E-state index contributed by atoms with van der Waals surface area (Å²) in [6.07, 6.45) is 2.30. The van der Waals surface area contributed by atoms with Crippen molar-refractivity contribution in [3.05, 3.63) is 47.4 Å². The highest BCUT2D eigenvalue weighted by molar-refractivity contribution is 5.96. The van der Waals surface area contributed by atoms with Gasteiger partial charge in [0.1, 0.15) is 11.3 Å². The number of nitrogens with two attached hydrogens (primary N) is 1. The lowest BCUT2D eigenvalue weighted by atomic mass is 9.91. The summed E-state index contributed by atoms with van der Waals surface area (Å²) < 4.78 is 11.3. The van der Waals surface area contributed by atoms with Gasteiger partial charge in [0.2, 0.25) is 5.95 Å². The zero-order valence-corrected chi connectivity index (χ0v) is 25.9. The normalized spacial score (nSPS) is 17.6. The number of aryl methyl sites for hydroxylation is 1. The van der Waals surface area contributed by atoms with Crippen LogP contribution in [0.1, 0.15) is 55.9 Å². The quantitative estimate of drug-likeness (QED) is 0.289. The molecule has 1 atom stereocenters. The highest BCUT2D eigenvalue weighted by atomic mass is 16.5. The Morgan fingerprint density at radius 1 is 1.19 bits per heavy atom. The van der Waals surface area contributed by atoms with Crippen LogP contribution >= 0.6 is 0 Å². The van der Waals surface area contributed by atoms with Gasteiger partial charge in [-0.15, -0.1) is 0 Å². The minimum atomic E-state index is -0.481. The Morgan fingerprint density at radius 2 is 1.95 bits per heavy atom. The molecule has 2 aliphatic rings. The second kappa shape index (κ2) is 11.3. The summed E-state index contributed by atoms with van der Waals surface area (Å²) in [4.78, 5) is 33.9. The van der Waals surface area contributed by atoms with Gasteiger partial charge in [-0.2, -0.15) is 4.98 Å². The van der Waals surface area contributed by atoms with Crippen LogP contribution in [0.25, 0.3) is 0 Å². The average Bonchev–Trinajstić information content (AvgIpc) is 3.51. The van der Waals surface area contributed by atoms with E-state index in [9.17, 15) is 4.79 Å². The lowest BCUT2D eigenvalue weighted by molar-refractivity contribution is 0.0378. The molecule has 4 heterocycles. The number of pyridine rings is 1. The molecule has 5 rings (SSSR count). The number of nitrogens with zero attached hydrogens (tertiary/aromatic N) is 6. The Bertz CT molecular complexity index is 1490. The third kappa shape index (κ3) is 5.65. The van der Waals surface area contributed by atoms with Crippen molar-refractivity contribution in [2.24, 2.45) is 0 Å². The van der Waals surface area contributed by atoms with Gasteiger partial charge in [0, 0.05) is 49.0 Å². The zero-order valence-electron chi connectivity index (χ0n) is 25.9. The summed E-state index contributed by atoms with van der Waals surface area (Å²) in [5.74, 6) is 0.890. The molecule has 0 amide bonds. The highest BCUT2D eigenvalue weighted by Crippen LogP contribution is 2.44. The predicted molar refractivity (Wildman–Crippen MR) is 167 cm³/mol. The minimum Gasteiger partial charge on any atom is -0.494 e. The van der Waals surface area contributed by atoms with Gasteiger partial charge in [0.05, 0.1) is 41.7 Å². The molecule has 224 valence electrons. The van der Waals surface area contributed by atoms with Crippen molar-refractivity contribution in [1.82, 2.24) is 19.9 Å². The van der Waals surface area contributed by atoms with E-state index in [1.165, 1.54) is 6.20 Å². The number of hydrogen-bond donors (Lipinski definition) is 2. The van der Waals surface area contributed by atoms with E-state index in [4.69, 9.17) is 25.2 Å². The van der Waals surface area contributed by atoms with E-state index >= 15 is 0 Å². The van der Waals surface area contributed by atoms with E-state index in [0.29, 0.717) is 41.5 Å². The van der Waals surface area contributed by atoms with Crippen LogP contribution in [0.5, 0.6) is 5.75 Å². The first-order chi connectivity index (χ1) is 19.9. The number of fused-ring (bicyclic) bond motifs is 1. The fraction of sp³-hybridized carbons (Fsp3) is 0.484. The monoisotopic (exact) mass is 574 g/mol. The van der Waals surface area contributed by atoms with Crippen molar-refractivity contribution < 1.29 is 14.3 Å². The first-order valence-corrected chi connectivity index (χ1v) is 14.4. The van der Waals surface area contributed by atoms with Crippen LogP contribution in [0.2, 0.25) is 0 Å². The number of anilines is 6. The molecule has 11 heteroatoms. The summed E-state index contributed by atoms with van der Waals surface area (Å²) in [5, 5.41) is 3.29. The number of methoxy groups -OCH3 is 1. The fourth-order valence-electron chi connectivity index (χ4n) is 5.70. The highest BCUT2D eigenvalue weighted by Gasteiger charge is 2.40. The van der Waals surface area contributed by atoms with Crippen LogP contribution < -0.4 is 25.6 Å². The molecule has 0 unspecified atom stereocenters. The maximum atomic E-state index is 13.2. The molecular formula is C31H42N8O3. The number of nitrogen functional groups attached to an aromatic ring is 1. The minimum absolute atomic E-state index is 0.256. The average molecular weight is 575 g/mol. The molecule has 3 N–H and O–H groups in total. The Balaban J connectivity index is 1.52. The van der Waals surface area contributed by atoms with Gasteiger partial charge in [-0.25, -0.2) is 9.78 Å². The van der Waals surface area contributed by atoms with Crippen molar-refractivity contribution in [3.8, 4) is 5.75 Å². The second-order valence-corrected chi connectivity index (χ2v) is 12.3. The first-order valence-electron chi connectivity index (χ1n) is 14.4. The largest absolute Gasteiger partial charge is 0.494 e. The van der Waals surface area contributed by atoms with Gasteiger partial charge in [0.25, 0.3) is 0 Å². The van der Waals surface area contributed by atoms with Crippen molar-refractivity contribution in [2.75, 3.05) is 61.7 Å². The van der Waals surface area contributed by atoms with E-state index in [0.717, 1.165) is 42.3 Å². The number of esters is 1. The van der Waals surface area contributed by atoms with Gasteiger partial charge in [-0.1, -0.05) is 13.8 Å². The van der Waals surface area contributed by atoms with E-state index in [1.807, 2.05) is 49.9 Å². The number of ether oxygens (including phenoxy) is 2. The fourth-order valence-corrected chi connectivity index (χ4v) is 5.70. The number of hydrogen-bond acceptors (Lipinski definition) is 11.